The van der Waals surface area contributed by atoms with Crippen LogP contribution in [-0.4, -0.2) is 6.98 Å². The molecule has 1 aromatic carbocycles. The molecule has 0 radical (unpaired) electrons. The van der Waals surface area contributed by atoms with Gasteiger partial charge in [0.2, 0.25) is 0 Å². The van der Waals surface area contributed by atoms with E-state index >= 15 is 0 Å². The number of hydrogen-bond donors (Lipinski definition) is 0. The molecule has 76 valence electrons. The summed E-state index contributed by atoms with van der Waals surface area (Å²) in [4.78, 5) is 0. The topological polar surface area (TPSA) is 0 Å². The first-order valence-corrected chi connectivity index (χ1v) is 4.11. The Balaban J connectivity index is 0.00000196. The molecule has 0 saturated heterocycles. The molecule has 0 aliphatic rings. The summed E-state index contributed by atoms with van der Waals surface area (Å²) in [5.74, 6) is -0.765. The molecule has 0 atom stereocenters. The Hall–Kier alpha value is 0.671. The largest absolute Gasteiger partial charge is 1.00 e. The molecule has 0 N–H and O–H groups in total. The van der Waals surface area contributed by atoms with Crippen LogP contribution in [0.4, 0.5) is 17.3 Å². The van der Waals surface area contributed by atoms with Gasteiger partial charge in [-0.1, -0.05) is 23.7 Å². The van der Waals surface area contributed by atoms with E-state index in [-0.39, 0.29) is 67.9 Å². The molecule has 0 fully saturated rings. The van der Waals surface area contributed by atoms with E-state index in [1.807, 2.05) is 0 Å². The fourth-order valence-corrected chi connectivity index (χ4v) is 1.10. The third kappa shape index (κ3) is 5.51. The van der Waals surface area contributed by atoms with Crippen LogP contribution in [0.1, 0.15) is 5.56 Å². The maximum absolute atomic E-state index is 12.9. The molecule has 0 amide bonds. The average molecular weight is 262 g/mol. The smallest absolute Gasteiger partial charge is 0.445 e. The van der Waals surface area contributed by atoms with Crippen molar-refractivity contribution in [1.29, 1.82) is 0 Å². The summed E-state index contributed by atoms with van der Waals surface area (Å²) in [6, 6.07) is 3.70. The van der Waals surface area contributed by atoms with Gasteiger partial charge in [-0.3, -0.25) is 0 Å². The van der Waals surface area contributed by atoms with Crippen LogP contribution >= 0.6 is 11.6 Å². The molecular weight excluding hydrogens is 257 g/mol. The maximum atomic E-state index is 12.9. The Kier molecular flexibility index (Phi) is 6.70. The zero-order chi connectivity index (χ0) is 10.8. The Labute approximate surface area is 132 Å². The van der Waals surface area contributed by atoms with Gasteiger partial charge in [-0.25, -0.2) is 4.39 Å². The van der Waals surface area contributed by atoms with Gasteiger partial charge in [0, 0.05) is 5.56 Å². The summed E-state index contributed by atoms with van der Waals surface area (Å²) < 4.78 is 48.4. The number of benzene rings is 1. The van der Waals surface area contributed by atoms with Crippen LogP contribution in [0.3, 0.4) is 0 Å². The van der Waals surface area contributed by atoms with Gasteiger partial charge in [-0.15, -0.1) is 5.98 Å². The van der Waals surface area contributed by atoms with Crippen molar-refractivity contribution >= 4 is 24.7 Å². The van der Waals surface area contributed by atoms with Gasteiger partial charge in [0.05, 0.1) is 5.02 Å². The Morgan fingerprint density at radius 1 is 1.20 bits per heavy atom. The molecule has 0 saturated carbocycles. The van der Waals surface area contributed by atoms with Crippen LogP contribution in [0.5, 0.6) is 0 Å². The van der Waals surface area contributed by atoms with Crippen LogP contribution < -0.4 is 51.4 Å². The number of hydrogen-bond acceptors (Lipinski definition) is 0. The van der Waals surface area contributed by atoms with E-state index in [2.05, 4.69) is 0 Å². The molecule has 15 heavy (non-hydrogen) atoms. The number of rotatable bonds is 2. The fourth-order valence-electron chi connectivity index (χ4n) is 0.875. The van der Waals surface area contributed by atoms with Crippen molar-refractivity contribution in [3.05, 3.63) is 40.6 Å². The molecule has 1 rings (SSSR count). The molecular formula is C8H5BClF4K. The predicted octanol–water partition coefficient (Wildman–Crippen LogP) is 0.883. The standard InChI is InChI=1S/C8H5BClF4.K/c10-7-2-1-3-8(11)6(7)4-5-9(12,13)14;/h1-5H;/q-1;+1/b5-4+;. The molecule has 0 bridgehead atoms. The van der Waals surface area contributed by atoms with Crippen molar-refractivity contribution in [1.82, 2.24) is 0 Å². The van der Waals surface area contributed by atoms with Gasteiger partial charge in [-0.05, 0) is 12.1 Å². The van der Waals surface area contributed by atoms with Crippen molar-refractivity contribution in [2.75, 3.05) is 0 Å². The van der Waals surface area contributed by atoms with Gasteiger partial charge < -0.3 is 12.9 Å². The first kappa shape index (κ1) is 15.7. The number of halogens is 5. The van der Waals surface area contributed by atoms with Crippen molar-refractivity contribution in [3.8, 4) is 0 Å². The normalized spacial score (nSPS) is 11.5. The van der Waals surface area contributed by atoms with E-state index in [1.54, 1.807) is 0 Å². The van der Waals surface area contributed by atoms with Crippen LogP contribution in [0, 0.1) is 5.82 Å². The molecule has 0 spiro atoms. The maximum Gasteiger partial charge on any atom is 1.00 e. The van der Waals surface area contributed by atoms with E-state index in [1.165, 1.54) is 12.1 Å². The van der Waals surface area contributed by atoms with Crippen molar-refractivity contribution < 1.29 is 68.7 Å². The average Bonchev–Trinajstić information content (AvgIpc) is 2.01. The summed E-state index contributed by atoms with van der Waals surface area (Å²) in [6.07, 6.45) is 0.637. The van der Waals surface area contributed by atoms with E-state index in [0.717, 1.165) is 6.07 Å². The fraction of sp³-hybridized carbons (Fsp3) is 0. The molecule has 0 aliphatic carbocycles. The Morgan fingerprint density at radius 2 is 1.80 bits per heavy atom. The van der Waals surface area contributed by atoms with E-state index in [4.69, 9.17) is 11.6 Å². The van der Waals surface area contributed by atoms with E-state index in [9.17, 15) is 17.3 Å². The second-order valence-corrected chi connectivity index (χ2v) is 3.03. The van der Waals surface area contributed by atoms with Crippen LogP contribution in [0.25, 0.3) is 6.08 Å². The van der Waals surface area contributed by atoms with Gasteiger partial charge in [-0.2, -0.15) is 0 Å². The minimum Gasteiger partial charge on any atom is -0.445 e. The Morgan fingerprint density at radius 3 is 2.27 bits per heavy atom. The van der Waals surface area contributed by atoms with Crippen molar-refractivity contribution in [3.63, 3.8) is 0 Å². The summed E-state index contributed by atoms with van der Waals surface area (Å²) in [7, 11) is 0. The summed E-state index contributed by atoms with van der Waals surface area (Å²) >= 11 is 5.51. The minimum absolute atomic E-state index is 0. The molecule has 1 aromatic rings. The zero-order valence-electron chi connectivity index (χ0n) is 7.85. The summed E-state index contributed by atoms with van der Waals surface area (Å²) in [6.45, 7) is -5.06. The van der Waals surface area contributed by atoms with Crippen molar-refractivity contribution in [2.24, 2.45) is 0 Å². The summed E-state index contributed by atoms with van der Waals surface area (Å²) in [5.41, 5.74) is -0.242. The van der Waals surface area contributed by atoms with Crippen molar-refractivity contribution in [2.45, 2.75) is 0 Å². The van der Waals surface area contributed by atoms with Gasteiger partial charge >= 0.3 is 58.4 Å². The Bertz CT molecular complexity index is 344. The monoisotopic (exact) mass is 262 g/mol. The van der Waals surface area contributed by atoms with Gasteiger partial charge in [0.1, 0.15) is 5.82 Å². The third-order valence-electron chi connectivity index (χ3n) is 1.48. The first-order valence-electron chi connectivity index (χ1n) is 3.73. The molecule has 0 heterocycles. The molecule has 0 unspecified atom stereocenters. The van der Waals surface area contributed by atoms with Crippen LogP contribution in [0.15, 0.2) is 24.2 Å². The van der Waals surface area contributed by atoms with Gasteiger partial charge in [0.15, 0.2) is 0 Å². The van der Waals surface area contributed by atoms with Crippen LogP contribution in [0.2, 0.25) is 5.02 Å². The minimum atomic E-state index is -5.06. The second kappa shape index (κ2) is 6.42. The van der Waals surface area contributed by atoms with Gasteiger partial charge in [0.25, 0.3) is 0 Å². The molecule has 0 nitrogen and oxygen atoms in total. The summed E-state index contributed by atoms with van der Waals surface area (Å²) in [5, 5.41) is -0.0405. The SMILES string of the molecule is Fc1cccc(Cl)c1/C=C/[B-](F)(F)F.[K+]. The van der Waals surface area contributed by atoms with Crippen LogP contribution in [-0.2, 0) is 0 Å². The first-order chi connectivity index (χ1) is 6.40. The quantitative estimate of drug-likeness (QED) is 0.548. The molecule has 7 heteroatoms. The molecule has 0 aromatic heterocycles. The van der Waals surface area contributed by atoms with E-state index < -0.39 is 12.8 Å². The van der Waals surface area contributed by atoms with E-state index in [0.29, 0.717) is 6.08 Å². The third-order valence-corrected chi connectivity index (χ3v) is 1.81. The molecule has 0 aliphatic heterocycles. The second-order valence-electron chi connectivity index (χ2n) is 2.62. The predicted molar refractivity (Wildman–Crippen MR) is 49.5 cm³/mol. The zero-order valence-corrected chi connectivity index (χ0v) is 11.7.